The van der Waals surface area contributed by atoms with Gasteiger partial charge in [-0.25, -0.2) is 4.79 Å². The minimum atomic E-state index is -2.10. The first-order valence-electron chi connectivity index (χ1n) is 15.0. The molecule has 0 bridgehead atoms. The summed E-state index contributed by atoms with van der Waals surface area (Å²) in [6.07, 6.45) is -3.13. The van der Waals surface area contributed by atoms with Gasteiger partial charge in [-0.2, -0.15) is 0 Å². The van der Waals surface area contributed by atoms with Gasteiger partial charge < -0.3 is 28.8 Å². The molecule has 0 spiro atoms. The van der Waals surface area contributed by atoms with Crippen molar-refractivity contribution in [1.29, 1.82) is 0 Å². The van der Waals surface area contributed by atoms with Crippen molar-refractivity contribution in [3.63, 3.8) is 0 Å². The molecule has 246 valence electrons. The van der Waals surface area contributed by atoms with E-state index in [-0.39, 0.29) is 12.0 Å². The van der Waals surface area contributed by atoms with E-state index in [2.05, 4.69) is 4.98 Å². The summed E-state index contributed by atoms with van der Waals surface area (Å²) in [5.74, 6) is -4.08. The predicted octanol–water partition coefficient (Wildman–Crippen LogP) is 3.86. The van der Waals surface area contributed by atoms with Crippen LogP contribution in [0, 0.1) is 6.92 Å². The lowest BCUT2D eigenvalue weighted by molar-refractivity contribution is -0.428. The van der Waals surface area contributed by atoms with Gasteiger partial charge in [0.2, 0.25) is 0 Å². The second kappa shape index (κ2) is 14.3. The molecule has 0 unspecified atom stereocenters. The molecule has 3 atom stereocenters. The van der Waals surface area contributed by atoms with Crippen LogP contribution in [0.25, 0.3) is 0 Å². The summed E-state index contributed by atoms with van der Waals surface area (Å²) in [5.41, 5.74) is -0.281. The number of carboxylic acids is 1. The molecule has 1 aliphatic heterocycles. The van der Waals surface area contributed by atoms with Crippen molar-refractivity contribution in [2.75, 3.05) is 14.2 Å². The third-order valence-electron chi connectivity index (χ3n) is 8.11. The number of hydrogen-bond acceptors (Lipinski definition) is 9. The van der Waals surface area contributed by atoms with Crippen LogP contribution in [0.1, 0.15) is 47.7 Å². The first-order chi connectivity index (χ1) is 22.6. The van der Waals surface area contributed by atoms with Gasteiger partial charge in [-0.3, -0.25) is 23.9 Å². The molecule has 2 heterocycles. The molecule has 12 heteroatoms. The van der Waals surface area contributed by atoms with Crippen molar-refractivity contribution in [3.05, 3.63) is 140 Å². The standard InChI is InChI=1S/C35H36N2O10/c1-23-22-37(33(42)36-32(23)41)28-21-27(45-30(40)20-19-29(38)39)31(46-28)35(43-2,44-3)47-34(24-13-7-4-8-14-24,25-15-9-5-10-16-25)26-17-11-6-12-18-26/h4-18,22,27-28,31H,19-21H2,1-3H3,(H,38,39)(H,36,41,42)/t27-,28+,31-/m0/s1. The Labute approximate surface area is 270 Å². The minimum absolute atomic E-state index is 0.0816. The van der Waals surface area contributed by atoms with E-state index in [0.717, 1.165) is 0 Å². The number of aromatic nitrogens is 2. The Morgan fingerprint density at radius 2 is 1.38 bits per heavy atom. The van der Waals surface area contributed by atoms with E-state index < -0.39 is 66.0 Å². The summed E-state index contributed by atoms with van der Waals surface area (Å²) in [6, 6.07) is 28.3. The molecule has 5 rings (SSSR count). The van der Waals surface area contributed by atoms with Crippen LogP contribution in [0.4, 0.5) is 0 Å². The zero-order chi connectivity index (χ0) is 33.6. The highest BCUT2D eigenvalue weighted by Gasteiger charge is 2.58. The Balaban J connectivity index is 1.67. The number of H-pyrrole nitrogens is 1. The molecule has 1 fully saturated rings. The molecule has 2 N–H and O–H groups in total. The van der Waals surface area contributed by atoms with Crippen molar-refractivity contribution in [2.24, 2.45) is 0 Å². The van der Waals surface area contributed by atoms with Gasteiger partial charge in [0, 0.05) is 32.4 Å². The molecule has 3 aromatic carbocycles. The predicted molar refractivity (Wildman–Crippen MR) is 168 cm³/mol. The Kier molecular flexibility index (Phi) is 10.2. The van der Waals surface area contributed by atoms with E-state index in [0.29, 0.717) is 16.7 Å². The van der Waals surface area contributed by atoms with Crippen molar-refractivity contribution in [3.8, 4) is 0 Å². The van der Waals surface area contributed by atoms with Crippen LogP contribution in [0.3, 0.4) is 0 Å². The van der Waals surface area contributed by atoms with E-state index >= 15 is 0 Å². The third kappa shape index (κ3) is 6.81. The van der Waals surface area contributed by atoms with Crippen LogP contribution in [0.15, 0.2) is 107 Å². The molecule has 1 saturated heterocycles. The zero-order valence-electron chi connectivity index (χ0n) is 26.2. The molecule has 12 nitrogen and oxygen atoms in total. The Morgan fingerprint density at radius 3 is 1.85 bits per heavy atom. The van der Waals surface area contributed by atoms with E-state index in [4.69, 9.17) is 28.8 Å². The average molecular weight is 645 g/mol. The van der Waals surface area contributed by atoms with E-state index in [1.807, 2.05) is 91.0 Å². The molecule has 4 aromatic rings. The highest BCUT2D eigenvalue weighted by molar-refractivity contribution is 5.76. The van der Waals surface area contributed by atoms with Crippen LogP contribution in [0.2, 0.25) is 0 Å². The van der Waals surface area contributed by atoms with Gasteiger partial charge in [0.05, 0.1) is 12.8 Å². The van der Waals surface area contributed by atoms with Crippen molar-refractivity contribution >= 4 is 11.9 Å². The molecule has 0 amide bonds. The number of carbonyl (C=O) groups is 2. The lowest BCUT2D eigenvalue weighted by Gasteiger charge is -2.45. The number of ether oxygens (including phenoxy) is 5. The Hall–Kier alpha value is -4.88. The van der Waals surface area contributed by atoms with Gasteiger partial charge in [-0.15, -0.1) is 0 Å². The van der Waals surface area contributed by atoms with E-state index in [1.54, 1.807) is 0 Å². The summed E-state index contributed by atoms with van der Waals surface area (Å²) >= 11 is 0. The SMILES string of the molecule is COC(OC)(OC(c1ccccc1)(c1ccccc1)c1ccccc1)[C@H]1O[C@@H](n2cc(C)c(=O)[nH]c2=O)C[C@@H]1OC(=O)CCC(=O)O. The van der Waals surface area contributed by atoms with Crippen molar-refractivity contribution in [1.82, 2.24) is 9.55 Å². The summed E-state index contributed by atoms with van der Waals surface area (Å²) in [7, 11) is 2.71. The van der Waals surface area contributed by atoms with Crippen LogP contribution < -0.4 is 11.2 Å². The molecule has 0 aliphatic carbocycles. The van der Waals surface area contributed by atoms with Gasteiger partial charge in [0.15, 0.2) is 6.10 Å². The van der Waals surface area contributed by atoms with Crippen LogP contribution >= 0.6 is 0 Å². The quantitative estimate of drug-likeness (QED) is 0.125. The lowest BCUT2D eigenvalue weighted by atomic mass is 9.80. The molecule has 47 heavy (non-hydrogen) atoms. The maximum Gasteiger partial charge on any atom is 0.330 e. The number of nitrogens with zero attached hydrogens (tertiary/aromatic N) is 1. The number of aliphatic carboxylic acids is 1. The van der Waals surface area contributed by atoms with Gasteiger partial charge >= 0.3 is 23.6 Å². The van der Waals surface area contributed by atoms with Crippen LogP contribution in [0.5, 0.6) is 0 Å². The molecule has 0 saturated carbocycles. The number of carbonyl (C=O) groups excluding carboxylic acids is 1. The van der Waals surface area contributed by atoms with E-state index in [9.17, 15) is 19.2 Å². The first kappa shape index (κ1) is 33.5. The number of aromatic amines is 1. The van der Waals surface area contributed by atoms with Gasteiger partial charge in [0.1, 0.15) is 17.9 Å². The second-order valence-electron chi connectivity index (χ2n) is 11.0. The largest absolute Gasteiger partial charge is 0.481 e. The summed E-state index contributed by atoms with van der Waals surface area (Å²) in [6.45, 7) is 1.54. The number of nitrogens with one attached hydrogen (secondary N) is 1. The number of esters is 1. The molecule has 1 aromatic heterocycles. The normalized spacial score (nSPS) is 18.1. The molecular formula is C35H36N2O10. The Morgan fingerprint density at radius 1 is 0.872 bits per heavy atom. The van der Waals surface area contributed by atoms with Crippen molar-refractivity contribution < 1.29 is 38.4 Å². The van der Waals surface area contributed by atoms with Gasteiger partial charge in [-0.05, 0) is 23.6 Å². The fourth-order valence-electron chi connectivity index (χ4n) is 5.84. The summed E-state index contributed by atoms with van der Waals surface area (Å²) in [4.78, 5) is 51.4. The Bertz CT molecular complexity index is 1690. The molecule has 1 aliphatic rings. The minimum Gasteiger partial charge on any atom is -0.481 e. The second-order valence-corrected chi connectivity index (χ2v) is 11.0. The maximum atomic E-state index is 12.9. The van der Waals surface area contributed by atoms with Crippen molar-refractivity contribution in [2.45, 2.75) is 56.2 Å². The maximum absolute atomic E-state index is 12.9. The first-order valence-corrected chi connectivity index (χ1v) is 15.0. The number of rotatable bonds is 13. The molecule has 0 radical (unpaired) electrons. The number of benzene rings is 3. The fraction of sp³-hybridized carbons (Fsp3) is 0.314. The smallest absolute Gasteiger partial charge is 0.330 e. The number of hydrogen-bond donors (Lipinski definition) is 2. The number of methoxy groups -OCH3 is 2. The number of carboxylic acid groups (broad SMARTS) is 1. The van der Waals surface area contributed by atoms with Crippen LogP contribution in [-0.2, 0) is 38.9 Å². The topological polar surface area (TPSA) is 155 Å². The van der Waals surface area contributed by atoms with Crippen LogP contribution in [-0.4, -0.2) is 59.0 Å². The van der Waals surface area contributed by atoms with Gasteiger partial charge in [-0.1, -0.05) is 91.0 Å². The summed E-state index contributed by atoms with van der Waals surface area (Å²) < 4.78 is 32.7. The fourth-order valence-corrected chi connectivity index (χ4v) is 5.84. The molecular weight excluding hydrogens is 608 g/mol. The zero-order valence-corrected chi connectivity index (χ0v) is 26.2. The monoisotopic (exact) mass is 644 g/mol. The highest BCUT2D eigenvalue weighted by atomic mass is 16.9. The summed E-state index contributed by atoms with van der Waals surface area (Å²) in [5, 5.41) is 9.14. The van der Waals surface area contributed by atoms with Gasteiger partial charge in [0.25, 0.3) is 5.56 Å². The highest BCUT2D eigenvalue weighted by Crippen LogP contribution is 2.47. The van der Waals surface area contributed by atoms with E-state index in [1.165, 1.54) is 31.9 Å². The average Bonchev–Trinajstić information content (AvgIpc) is 3.51. The number of aryl methyl sites for hydroxylation is 1. The third-order valence-corrected chi connectivity index (χ3v) is 8.11. The lowest BCUT2D eigenvalue weighted by Crippen LogP contribution is -2.57.